The first-order valence-corrected chi connectivity index (χ1v) is 7.83. The molecule has 0 atom stereocenters. The molecule has 0 N–H and O–H groups in total. The maximum atomic E-state index is 12.6. The van der Waals surface area contributed by atoms with Gasteiger partial charge in [0.2, 0.25) is 10.0 Å². The first-order valence-electron chi connectivity index (χ1n) is 6.39. The van der Waals surface area contributed by atoms with Crippen LogP contribution >= 0.6 is 0 Å². The van der Waals surface area contributed by atoms with Crippen LogP contribution in [0.2, 0.25) is 0 Å². The molecule has 1 heterocycles. The van der Waals surface area contributed by atoms with Gasteiger partial charge in [0, 0.05) is 13.1 Å². The van der Waals surface area contributed by atoms with Gasteiger partial charge in [0.05, 0.1) is 0 Å². The van der Waals surface area contributed by atoms with Crippen LogP contribution in [0.25, 0.3) is 0 Å². The Labute approximate surface area is 108 Å². The fraction of sp³-hybridized carbons (Fsp3) is 0.750. The molecule has 0 bridgehead atoms. The Morgan fingerprint density at radius 3 is 2.50 bits per heavy atom. The van der Waals surface area contributed by atoms with Crippen molar-refractivity contribution >= 4 is 10.0 Å². The lowest BCUT2D eigenvalue weighted by molar-refractivity contribution is 0.384. The van der Waals surface area contributed by atoms with E-state index in [4.69, 9.17) is 4.52 Å². The van der Waals surface area contributed by atoms with Gasteiger partial charge in [-0.15, -0.1) is 0 Å². The number of hydrogen-bond acceptors (Lipinski definition) is 4. The van der Waals surface area contributed by atoms with E-state index < -0.39 is 10.0 Å². The highest BCUT2D eigenvalue weighted by Gasteiger charge is 2.34. The minimum absolute atomic E-state index is 0.247. The molecule has 1 aromatic heterocycles. The second-order valence-corrected chi connectivity index (χ2v) is 6.83. The SMILES string of the molecule is CCCN(CC1CC1)S(=O)(=O)c1c(C)noc1C. The maximum absolute atomic E-state index is 12.6. The average molecular weight is 272 g/mol. The van der Waals surface area contributed by atoms with Gasteiger partial charge in [-0.1, -0.05) is 12.1 Å². The summed E-state index contributed by atoms with van der Waals surface area (Å²) in [6.45, 7) is 6.49. The van der Waals surface area contributed by atoms with E-state index in [2.05, 4.69) is 5.16 Å². The zero-order valence-electron chi connectivity index (χ0n) is 11.1. The Morgan fingerprint density at radius 2 is 2.06 bits per heavy atom. The average Bonchev–Trinajstić information content (AvgIpc) is 3.03. The van der Waals surface area contributed by atoms with Crippen LogP contribution in [0.3, 0.4) is 0 Å². The summed E-state index contributed by atoms with van der Waals surface area (Å²) in [5.41, 5.74) is 0.449. The van der Waals surface area contributed by atoms with Gasteiger partial charge in [-0.3, -0.25) is 0 Å². The fourth-order valence-corrected chi connectivity index (χ4v) is 4.02. The van der Waals surface area contributed by atoms with Gasteiger partial charge in [-0.25, -0.2) is 8.42 Å². The van der Waals surface area contributed by atoms with E-state index in [0.717, 1.165) is 19.3 Å². The predicted molar refractivity (Wildman–Crippen MR) is 67.8 cm³/mol. The quantitative estimate of drug-likeness (QED) is 0.795. The smallest absolute Gasteiger partial charge is 0.248 e. The summed E-state index contributed by atoms with van der Waals surface area (Å²) in [6, 6.07) is 0. The Hall–Kier alpha value is -0.880. The monoisotopic (exact) mass is 272 g/mol. The number of aryl methyl sites for hydroxylation is 2. The van der Waals surface area contributed by atoms with Crippen molar-refractivity contribution in [1.29, 1.82) is 0 Å². The summed E-state index contributed by atoms with van der Waals surface area (Å²) in [5, 5.41) is 3.74. The standard InChI is InChI=1S/C12H20N2O3S/c1-4-7-14(8-11-5-6-11)18(15,16)12-9(2)13-17-10(12)3/h11H,4-8H2,1-3H3. The molecular weight excluding hydrogens is 252 g/mol. The molecule has 102 valence electrons. The summed E-state index contributed by atoms with van der Waals surface area (Å²) in [4.78, 5) is 0.247. The van der Waals surface area contributed by atoms with E-state index in [0.29, 0.717) is 30.5 Å². The van der Waals surface area contributed by atoms with Crippen LogP contribution < -0.4 is 0 Å². The third-order valence-corrected chi connectivity index (χ3v) is 5.31. The molecule has 1 fully saturated rings. The highest BCUT2D eigenvalue weighted by molar-refractivity contribution is 7.89. The largest absolute Gasteiger partial charge is 0.360 e. The first-order chi connectivity index (χ1) is 8.46. The molecule has 1 aliphatic rings. The van der Waals surface area contributed by atoms with Crippen molar-refractivity contribution in [3.63, 3.8) is 0 Å². The van der Waals surface area contributed by atoms with Gasteiger partial charge in [-0.2, -0.15) is 4.31 Å². The Balaban J connectivity index is 2.31. The summed E-state index contributed by atoms with van der Waals surface area (Å²) >= 11 is 0. The number of sulfonamides is 1. The number of hydrogen-bond donors (Lipinski definition) is 0. The van der Waals surface area contributed by atoms with E-state index in [1.54, 1.807) is 18.2 Å². The molecule has 1 aliphatic carbocycles. The normalized spacial score (nSPS) is 16.4. The van der Waals surface area contributed by atoms with Crippen molar-refractivity contribution < 1.29 is 12.9 Å². The lowest BCUT2D eigenvalue weighted by Crippen LogP contribution is -2.34. The van der Waals surface area contributed by atoms with Crippen LogP contribution in [0.15, 0.2) is 9.42 Å². The van der Waals surface area contributed by atoms with Crippen LogP contribution in [0.5, 0.6) is 0 Å². The predicted octanol–water partition coefficient (Wildman–Crippen LogP) is 2.10. The molecule has 18 heavy (non-hydrogen) atoms. The van der Waals surface area contributed by atoms with E-state index in [-0.39, 0.29) is 4.90 Å². The molecule has 0 aliphatic heterocycles. The molecule has 1 saturated carbocycles. The highest BCUT2D eigenvalue weighted by atomic mass is 32.2. The van der Waals surface area contributed by atoms with E-state index in [1.807, 2.05) is 6.92 Å². The van der Waals surface area contributed by atoms with Crippen molar-refractivity contribution in [1.82, 2.24) is 9.46 Å². The zero-order valence-corrected chi connectivity index (χ0v) is 12.0. The summed E-state index contributed by atoms with van der Waals surface area (Å²) in [5.74, 6) is 0.913. The Morgan fingerprint density at radius 1 is 1.39 bits per heavy atom. The highest BCUT2D eigenvalue weighted by Crippen LogP contribution is 2.32. The van der Waals surface area contributed by atoms with Crippen molar-refractivity contribution in [3.05, 3.63) is 11.5 Å². The topological polar surface area (TPSA) is 63.4 Å². The third-order valence-electron chi connectivity index (χ3n) is 3.20. The molecule has 5 nitrogen and oxygen atoms in total. The molecule has 0 radical (unpaired) electrons. The van der Waals surface area contributed by atoms with Crippen LogP contribution in [0.1, 0.15) is 37.6 Å². The van der Waals surface area contributed by atoms with E-state index in [9.17, 15) is 8.42 Å². The van der Waals surface area contributed by atoms with E-state index in [1.165, 1.54) is 0 Å². The molecule has 0 spiro atoms. The number of rotatable bonds is 6. The Kier molecular flexibility index (Phi) is 3.77. The molecule has 0 aromatic carbocycles. The molecule has 0 saturated heterocycles. The van der Waals surface area contributed by atoms with Gasteiger partial charge < -0.3 is 4.52 Å². The van der Waals surface area contributed by atoms with Crippen molar-refractivity contribution in [2.75, 3.05) is 13.1 Å². The lowest BCUT2D eigenvalue weighted by Gasteiger charge is -2.21. The molecule has 6 heteroatoms. The van der Waals surface area contributed by atoms with Crippen LogP contribution in [-0.2, 0) is 10.0 Å². The van der Waals surface area contributed by atoms with E-state index >= 15 is 0 Å². The summed E-state index contributed by atoms with van der Waals surface area (Å²) < 4.78 is 31.8. The minimum atomic E-state index is -3.46. The molecule has 2 rings (SSSR count). The van der Waals surface area contributed by atoms with Crippen molar-refractivity contribution in [2.24, 2.45) is 5.92 Å². The van der Waals surface area contributed by atoms with Gasteiger partial charge in [-0.05, 0) is 39.0 Å². The minimum Gasteiger partial charge on any atom is -0.360 e. The van der Waals surface area contributed by atoms with Gasteiger partial charge in [0.25, 0.3) is 0 Å². The second kappa shape index (κ2) is 5.01. The molecule has 1 aromatic rings. The van der Waals surface area contributed by atoms with Crippen LogP contribution in [0, 0.1) is 19.8 Å². The van der Waals surface area contributed by atoms with Gasteiger partial charge in [0.15, 0.2) is 5.76 Å². The molecule has 0 amide bonds. The first kappa shape index (κ1) is 13.5. The van der Waals surface area contributed by atoms with Gasteiger partial charge >= 0.3 is 0 Å². The number of aromatic nitrogens is 1. The fourth-order valence-electron chi connectivity index (χ4n) is 2.12. The van der Waals surface area contributed by atoms with Crippen molar-refractivity contribution in [3.8, 4) is 0 Å². The molecular formula is C12H20N2O3S. The summed E-state index contributed by atoms with van der Waals surface area (Å²) in [7, 11) is -3.46. The lowest BCUT2D eigenvalue weighted by atomic mass is 10.4. The second-order valence-electron chi connectivity index (χ2n) is 4.96. The van der Waals surface area contributed by atoms with Crippen LogP contribution in [-0.4, -0.2) is 31.0 Å². The maximum Gasteiger partial charge on any atom is 0.248 e. The zero-order chi connectivity index (χ0) is 13.3. The van der Waals surface area contributed by atoms with Crippen LogP contribution in [0.4, 0.5) is 0 Å². The molecule has 0 unspecified atom stereocenters. The van der Waals surface area contributed by atoms with Gasteiger partial charge in [0.1, 0.15) is 10.6 Å². The third kappa shape index (κ3) is 2.59. The summed E-state index contributed by atoms with van der Waals surface area (Å²) in [6.07, 6.45) is 3.09. The number of nitrogens with zero attached hydrogens (tertiary/aromatic N) is 2. The Bertz CT molecular complexity index is 498. The van der Waals surface area contributed by atoms with Crippen molar-refractivity contribution in [2.45, 2.75) is 44.9 Å².